The molecule has 0 unspecified atom stereocenters. The molecule has 0 fully saturated rings. The summed E-state index contributed by atoms with van der Waals surface area (Å²) in [4.78, 5) is 0. The van der Waals surface area contributed by atoms with Crippen LogP contribution in [-0.2, 0) is 11.2 Å². The average molecular weight is 256 g/mol. The molecule has 0 saturated carbocycles. The first-order valence-corrected chi connectivity index (χ1v) is 6.40. The zero-order valence-corrected chi connectivity index (χ0v) is 11.4. The number of benzene rings is 2. The SMILES string of the molecule is COCCc1ccccc1Nc1ccc(N)c(C)c1. The Morgan fingerprint density at radius 1 is 1.16 bits per heavy atom. The van der Waals surface area contributed by atoms with E-state index in [2.05, 4.69) is 23.5 Å². The van der Waals surface area contributed by atoms with Crippen molar-refractivity contribution in [2.45, 2.75) is 13.3 Å². The molecule has 0 heterocycles. The first-order chi connectivity index (χ1) is 9.20. The van der Waals surface area contributed by atoms with Crippen LogP contribution in [0.3, 0.4) is 0 Å². The van der Waals surface area contributed by atoms with Gasteiger partial charge in [-0.25, -0.2) is 0 Å². The minimum atomic E-state index is 0.722. The van der Waals surface area contributed by atoms with E-state index in [4.69, 9.17) is 10.5 Å². The van der Waals surface area contributed by atoms with Crippen molar-refractivity contribution in [3.63, 3.8) is 0 Å². The number of nitrogens with two attached hydrogens (primary N) is 1. The summed E-state index contributed by atoms with van der Waals surface area (Å²) in [5, 5.41) is 3.44. The predicted molar refractivity (Wildman–Crippen MR) is 80.9 cm³/mol. The van der Waals surface area contributed by atoms with E-state index in [1.54, 1.807) is 7.11 Å². The molecule has 0 spiro atoms. The van der Waals surface area contributed by atoms with E-state index >= 15 is 0 Å². The Hall–Kier alpha value is -2.00. The summed E-state index contributed by atoms with van der Waals surface area (Å²) in [6, 6.07) is 14.3. The maximum atomic E-state index is 5.83. The van der Waals surface area contributed by atoms with Crippen molar-refractivity contribution in [1.29, 1.82) is 0 Å². The standard InChI is InChI=1S/C16H20N2O/c1-12-11-14(7-8-15(12)17)18-16-6-4-3-5-13(16)9-10-19-2/h3-8,11,18H,9-10,17H2,1-2H3. The maximum Gasteiger partial charge on any atom is 0.0503 e. The number of methoxy groups -OCH3 is 1. The number of hydrogen-bond acceptors (Lipinski definition) is 3. The number of rotatable bonds is 5. The van der Waals surface area contributed by atoms with Crippen molar-refractivity contribution in [2.75, 3.05) is 24.8 Å². The summed E-state index contributed by atoms with van der Waals surface area (Å²) in [6.45, 7) is 2.73. The number of para-hydroxylation sites is 1. The molecule has 0 bridgehead atoms. The van der Waals surface area contributed by atoms with Gasteiger partial charge in [-0.3, -0.25) is 0 Å². The van der Waals surface area contributed by atoms with Gasteiger partial charge in [-0.15, -0.1) is 0 Å². The van der Waals surface area contributed by atoms with Gasteiger partial charge in [-0.1, -0.05) is 18.2 Å². The minimum absolute atomic E-state index is 0.722. The van der Waals surface area contributed by atoms with Crippen molar-refractivity contribution in [3.8, 4) is 0 Å². The molecule has 2 rings (SSSR count). The normalized spacial score (nSPS) is 10.4. The van der Waals surface area contributed by atoms with Gasteiger partial charge in [0.2, 0.25) is 0 Å². The molecule has 0 radical (unpaired) electrons. The fourth-order valence-corrected chi connectivity index (χ4v) is 1.98. The Morgan fingerprint density at radius 3 is 2.68 bits per heavy atom. The van der Waals surface area contributed by atoms with Crippen LogP contribution in [-0.4, -0.2) is 13.7 Å². The second-order valence-corrected chi connectivity index (χ2v) is 4.60. The summed E-state index contributed by atoms with van der Waals surface area (Å²) in [6.07, 6.45) is 0.896. The van der Waals surface area contributed by atoms with E-state index in [1.165, 1.54) is 5.56 Å². The van der Waals surface area contributed by atoms with Gasteiger partial charge in [0.15, 0.2) is 0 Å². The summed E-state index contributed by atoms with van der Waals surface area (Å²) in [5.41, 5.74) is 11.1. The second kappa shape index (κ2) is 6.25. The zero-order valence-electron chi connectivity index (χ0n) is 11.4. The van der Waals surface area contributed by atoms with Gasteiger partial charge >= 0.3 is 0 Å². The van der Waals surface area contributed by atoms with Gasteiger partial charge in [-0.05, 0) is 48.7 Å². The van der Waals surface area contributed by atoms with Crippen LogP contribution in [0.5, 0.6) is 0 Å². The highest BCUT2D eigenvalue weighted by atomic mass is 16.5. The monoisotopic (exact) mass is 256 g/mol. The molecule has 0 aliphatic rings. The predicted octanol–water partition coefficient (Wildman–Crippen LogP) is 3.51. The number of nitrogen functional groups attached to an aromatic ring is 1. The van der Waals surface area contributed by atoms with Crippen molar-refractivity contribution in [1.82, 2.24) is 0 Å². The molecular formula is C16H20N2O. The number of anilines is 3. The van der Waals surface area contributed by atoms with E-state index in [9.17, 15) is 0 Å². The van der Waals surface area contributed by atoms with Crippen LogP contribution in [0.15, 0.2) is 42.5 Å². The Kier molecular flexibility index (Phi) is 4.42. The lowest BCUT2D eigenvalue weighted by Crippen LogP contribution is -2.00. The van der Waals surface area contributed by atoms with Crippen LogP contribution in [0, 0.1) is 6.92 Å². The van der Waals surface area contributed by atoms with E-state index in [0.717, 1.165) is 35.7 Å². The van der Waals surface area contributed by atoms with E-state index in [1.807, 2.05) is 31.2 Å². The summed E-state index contributed by atoms with van der Waals surface area (Å²) in [7, 11) is 1.72. The molecule has 0 atom stereocenters. The van der Waals surface area contributed by atoms with Crippen LogP contribution < -0.4 is 11.1 Å². The fourth-order valence-electron chi connectivity index (χ4n) is 1.98. The third-order valence-corrected chi connectivity index (χ3v) is 3.14. The van der Waals surface area contributed by atoms with Gasteiger partial charge in [0.25, 0.3) is 0 Å². The second-order valence-electron chi connectivity index (χ2n) is 4.60. The van der Waals surface area contributed by atoms with Crippen LogP contribution >= 0.6 is 0 Å². The topological polar surface area (TPSA) is 47.3 Å². The van der Waals surface area contributed by atoms with Crippen LogP contribution in [0.25, 0.3) is 0 Å². The molecule has 0 aliphatic carbocycles. The fraction of sp³-hybridized carbons (Fsp3) is 0.250. The Morgan fingerprint density at radius 2 is 1.95 bits per heavy atom. The van der Waals surface area contributed by atoms with Crippen molar-refractivity contribution in [2.24, 2.45) is 0 Å². The molecular weight excluding hydrogens is 236 g/mol. The largest absolute Gasteiger partial charge is 0.399 e. The maximum absolute atomic E-state index is 5.83. The molecule has 19 heavy (non-hydrogen) atoms. The molecule has 3 N–H and O–H groups in total. The number of hydrogen-bond donors (Lipinski definition) is 2. The molecule has 0 aliphatic heterocycles. The van der Waals surface area contributed by atoms with Gasteiger partial charge in [0, 0.05) is 24.2 Å². The summed E-state index contributed by atoms with van der Waals surface area (Å²) in [5.74, 6) is 0. The van der Waals surface area contributed by atoms with Gasteiger partial charge < -0.3 is 15.8 Å². The molecule has 2 aromatic rings. The number of ether oxygens (including phenoxy) is 1. The minimum Gasteiger partial charge on any atom is -0.399 e. The molecule has 3 nitrogen and oxygen atoms in total. The quantitative estimate of drug-likeness (QED) is 0.805. The van der Waals surface area contributed by atoms with E-state index < -0.39 is 0 Å². The van der Waals surface area contributed by atoms with Gasteiger partial charge in [0.05, 0.1) is 6.61 Å². The Labute approximate surface area is 114 Å². The summed E-state index contributed by atoms with van der Waals surface area (Å²) >= 11 is 0. The molecule has 0 amide bonds. The molecule has 0 aromatic heterocycles. The van der Waals surface area contributed by atoms with E-state index in [-0.39, 0.29) is 0 Å². The lowest BCUT2D eigenvalue weighted by atomic mass is 10.1. The zero-order chi connectivity index (χ0) is 13.7. The Balaban J connectivity index is 2.20. The Bertz CT molecular complexity index is 552. The van der Waals surface area contributed by atoms with Crippen molar-refractivity contribution < 1.29 is 4.74 Å². The highest BCUT2D eigenvalue weighted by Crippen LogP contribution is 2.23. The van der Waals surface area contributed by atoms with Gasteiger partial charge in [0.1, 0.15) is 0 Å². The average Bonchev–Trinajstić information content (AvgIpc) is 2.42. The van der Waals surface area contributed by atoms with Crippen LogP contribution in [0.4, 0.5) is 17.1 Å². The van der Waals surface area contributed by atoms with Crippen LogP contribution in [0.1, 0.15) is 11.1 Å². The highest BCUT2D eigenvalue weighted by molar-refractivity contribution is 5.66. The first kappa shape index (κ1) is 13.4. The number of nitrogens with one attached hydrogen (secondary N) is 1. The van der Waals surface area contributed by atoms with Crippen LogP contribution in [0.2, 0.25) is 0 Å². The lowest BCUT2D eigenvalue weighted by Gasteiger charge is -2.13. The lowest BCUT2D eigenvalue weighted by molar-refractivity contribution is 0.202. The smallest absolute Gasteiger partial charge is 0.0503 e. The molecule has 3 heteroatoms. The van der Waals surface area contributed by atoms with E-state index in [0.29, 0.717) is 0 Å². The highest BCUT2D eigenvalue weighted by Gasteiger charge is 2.03. The third kappa shape index (κ3) is 3.48. The van der Waals surface area contributed by atoms with Crippen molar-refractivity contribution in [3.05, 3.63) is 53.6 Å². The molecule has 2 aromatic carbocycles. The molecule has 100 valence electrons. The first-order valence-electron chi connectivity index (χ1n) is 6.40. The number of aryl methyl sites for hydroxylation is 1. The van der Waals surface area contributed by atoms with Gasteiger partial charge in [-0.2, -0.15) is 0 Å². The van der Waals surface area contributed by atoms with Crippen molar-refractivity contribution >= 4 is 17.1 Å². The summed E-state index contributed by atoms with van der Waals surface area (Å²) < 4.78 is 5.14. The third-order valence-electron chi connectivity index (χ3n) is 3.14. The molecule has 0 saturated heterocycles.